The highest BCUT2D eigenvalue weighted by atomic mass is 32.2. The predicted octanol–water partition coefficient (Wildman–Crippen LogP) is 4.19. The lowest BCUT2D eigenvalue weighted by atomic mass is 10.1. The van der Waals surface area contributed by atoms with Gasteiger partial charge >= 0.3 is 29.2 Å². The predicted molar refractivity (Wildman–Crippen MR) is 98.1 cm³/mol. The molecule has 0 bridgehead atoms. The van der Waals surface area contributed by atoms with Gasteiger partial charge in [0.1, 0.15) is 5.75 Å². The van der Waals surface area contributed by atoms with Gasteiger partial charge in [-0.1, -0.05) is 24.8 Å². The van der Waals surface area contributed by atoms with Crippen LogP contribution in [0.1, 0.15) is 6.92 Å². The van der Waals surface area contributed by atoms with Gasteiger partial charge in [0.2, 0.25) is 0 Å². The zero-order chi connectivity index (χ0) is 26.2. The standard InChI is InChI=1S/C10H10O2.C4HF9O3S.C2H6S/c1-8(2)10(11)12-9-6-4-3-5-7-9;5-1(6,3(9,10)11)2(7,8)4(12,13)17(14,15)16;1-3-2/h3-7H,1H2,2H3;(H,14,15,16);1-2H3. The molecule has 0 aliphatic carbocycles. The van der Waals surface area contributed by atoms with Crippen LogP contribution in [0.5, 0.6) is 5.75 Å². The van der Waals surface area contributed by atoms with Crippen molar-refractivity contribution >= 4 is 27.8 Å². The number of esters is 1. The fourth-order valence-electron chi connectivity index (χ4n) is 1.20. The summed E-state index contributed by atoms with van der Waals surface area (Å²) in [6.45, 7) is 5.09. The van der Waals surface area contributed by atoms with Crippen molar-refractivity contribution in [3.63, 3.8) is 0 Å². The van der Waals surface area contributed by atoms with E-state index in [-0.39, 0.29) is 5.97 Å². The number of rotatable bonds is 5. The van der Waals surface area contributed by atoms with Crippen molar-refractivity contribution in [2.45, 2.75) is 30.2 Å². The third kappa shape index (κ3) is 8.20. The molecule has 0 aliphatic rings. The van der Waals surface area contributed by atoms with Gasteiger partial charge in [-0.2, -0.15) is 39.5 Å². The van der Waals surface area contributed by atoms with Crippen molar-refractivity contribution in [1.29, 1.82) is 0 Å². The molecule has 1 aromatic rings. The van der Waals surface area contributed by atoms with Crippen molar-refractivity contribution in [2.75, 3.05) is 12.5 Å². The summed E-state index contributed by atoms with van der Waals surface area (Å²) in [6, 6.07) is 8.92. The number of para-hydroxylation sites is 1. The van der Waals surface area contributed by atoms with E-state index in [0.29, 0.717) is 11.3 Å². The monoisotopic (exact) mass is 524 g/mol. The summed E-state index contributed by atoms with van der Waals surface area (Å²) in [7, 11) is -7.42. The number of thiol groups is 1. The van der Waals surface area contributed by atoms with Crippen LogP contribution in [0.4, 0.5) is 39.5 Å². The average Bonchev–Trinajstić information content (AvgIpc) is 2.61. The van der Waals surface area contributed by atoms with E-state index < -0.39 is 33.4 Å². The van der Waals surface area contributed by atoms with Crippen molar-refractivity contribution < 1.29 is 62.0 Å². The summed E-state index contributed by atoms with van der Waals surface area (Å²) in [5, 5.41) is -7.11. The average molecular weight is 524 g/mol. The van der Waals surface area contributed by atoms with Crippen LogP contribution in [-0.2, 0) is 26.7 Å². The van der Waals surface area contributed by atoms with Crippen molar-refractivity contribution in [3.8, 4) is 5.75 Å². The minimum atomic E-state index is -7.43. The topological polar surface area (TPSA) is 83.5 Å². The number of hydrogen-bond acceptors (Lipinski definition) is 5. The summed E-state index contributed by atoms with van der Waals surface area (Å²) in [4.78, 5) is 11.0. The summed E-state index contributed by atoms with van der Waals surface area (Å²) in [6.07, 6.45) is -2.97. The lowest BCUT2D eigenvalue weighted by molar-refractivity contribution is -0.382. The Morgan fingerprint density at radius 2 is 1.31 bits per heavy atom. The molecule has 0 saturated heterocycles. The first-order valence-electron chi connectivity index (χ1n) is 7.68. The number of carbonyl (C=O) groups is 1. The molecular formula is C16H17F9O5S2. The van der Waals surface area contributed by atoms with Crippen molar-refractivity contribution in [3.05, 3.63) is 42.5 Å². The van der Waals surface area contributed by atoms with Gasteiger partial charge in [0.25, 0.3) is 0 Å². The van der Waals surface area contributed by atoms with Crippen molar-refractivity contribution in [2.24, 2.45) is 0 Å². The van der Waals surface area contributed by atoms with Gasteiger partial charge in [0, 0.05) is 5.57 Å². The molecule has 0 heterocycles. The molecule has 16 heteroatoms. The molecule has 0 atom stereocenters. The molecule has 0 N–H and O–H groups in total. The van der Waals surface area contributed by atoms with E-state index in [2.05, 4.69) is 19.1 Å². The van der Waals surface area contributed by atoms with E-state index in [1.54, 1.807) is 31.2 Å². The number of halogens is 9. The number of alkyl halides is 9. The maximum Gasteiger partial charge on any atom is 0.460 e. The van der Waals surface area contributed by atoms with Crippen LogP contribution in [0.15, 0.2) is 42.5 Å². The Labute approximate surface area is 181 Å². The summed E-state index contributed by atoms with van der Waals surface area (Å²) in [5.74, 6) is -14.7. The van der Waals surface area contributed by atoms with Gasteiger partial charge in [0.05, 0.1) is 12.5 Å². The maximum absolute atomic E-state index is 12.2. The van der Waals surface area contributed by atoms with Crippen LogP contribution >= 0.6 is 0 Å². The molecule has 0 amide bonds. The first-order chi connectivity index (χ1) is 14.1. The number of benzene rings is 1. The lowest BCUT2D eigenvalue weighted by Crippen LogP contribution is -2.63. The maximum atomic E-state index is 12.2. The third-order valence-corrected chi connectivity index (χ3v) is 3.62. The summed E-state index contributed by atoms with van der Waals surface area (Å²) < 4.78 is 140. The molecule has 0 unspecified atom stereocenters. The normalized spacial score (nSPS) is 12.5. The summed E-state index contributed by atoms with van der Waals surface area (Å²) >= 11 is 1.42. The molecule has 0 aliphatic heterocycles. The van der Waals surface area contributed by atoms with E-state index in [9.17, 15) is 57.3 Å². The Morgan fingerprint density at radius 1 is 0.938 bits per heavy atom. The Bertz CT molecular complexity index is 854. The zero-order valence-electron chi connectivity index (χ0n) is 16.4. The summed E-state index contributed by atoms with van der Waals surface area (Å²) in [5.41, 5.74) is 0.402. The fraction of sp³-hybridized carbons (Fsp3) is 0.438. The molecule has 0 fully saturated rings. The van der Waals surface area contributed by atoms with Gasteiger partial charge in [-0.15, -0.1) is 0 Å². The van der Waals surface area contributed by atoms with E-state index in [1.165, 1.54) is 11.8 Å². The van der Waals surface area contributed by atoms with Crippen LogP contribution in [-0.4, -0.2) is 54.7 Å². The van der Waals surface area contributed by atoms with Gasteiger partial charge in [0.15, 0.2) is 10.1 Å². The first-order valence-corrected chi connectivity index (χ1v) is 10.9. The molecule has 186 valence electrons. The highest BCUT2D eigenvalue weighted by Gasteiger charge is 2.83. The second kappa shape index (κ2) is 11.8. The van der Waals surface area contributed by atoms with Gasteiger partial charge in [-0.25, -0.2) is 13.2 Å². The van der Waals surface area contributed by atoms with Crippen molar-refractivity contribution in [1.82, 2.24) is 0 Å². The van der Waals surface area contributed by atoms with Crippen LogP contribution in [0.25, 0.3) is 0 Å². The SMILES string of the molecule is C=C(C)C(=O)Oc1ccccc1.C[SH+]C.O=S(=O)([O-])C(F)(F)C(F)(F)C(F)(F)C(F)(F)F. The Balaban J connectivity index is 0. The molecule has 1 rings (SSSR count). The third-order valence-electron chi connectivity index (χ3n) is 2.73. The van der Waals surface area contributed by atoms with Crippen LogP contribution in [0.2, 0.25) is 0 Å². The molecule has 0 saturated carbocycles. The zero-order valence-corrected chi connectivity index (χ0v) is 18.1. The minimum Gasteiger partial charge on any atom is -0.743 e. The molecule has 0 radical (unpaired) electrons. The molecule has 1 aromatic carbocycles. The van der Waals surface area contributed by atoms with Crippen LogP contribution < -0.4 is 4.74 Å². The minimum absolute atomic E-state index is 0.388. The molecule has 5 nitrogen and oxygen atoms in total. The fourth-order valence-corrected chi connectivity index (χ4v) is 1.64. The molecule has 32 heavy (non-hydrogen) atoms. The molecule has 0 spiro atoms. The van der Waals surface area contributed by atoms with Gasteiger partial charge in [-0.3, -0.25) is 0 Å². The smallest absolute Gasteiger partial charge is 0.460 e. The number of carbonyl (C=O) groups excluding carboxylic acids is 1. The van der Waals surface area contributed by atoms with E-state index in [1.807, 2.05) is 6.07 Å². The van der Waals surface area contributed by atoms with E-state index in [0.717, 1.165) is 0 Å². The Morgan fingerprint density at radius 3 is 1.59 bits per heavy atom. The second-order valence-electron chi connectivity index (χ2n) is 5.55. The lowest BCUT2D eigenvalue weighted by Gasteiger charge is -2.34. The second-order valence-corrected chi connectivity index (χ2v) is 7.86. The van der Waals surface area contributed by atoms with E-state index in [4.69, 9.17) is 4.74 Å². The highest BCUT2D eigenvalue weighted by molar-refractivity contribution is 7.86. The largest absolute Gasteiger partial charge is 0.743 e. The number of hydrogen-bond donors (Lipinski definition) is 0. The van der Waals surface area contributed by atoms with Crippen LogP contribution in [0, 0.1) is 0 Å². The number of ether oxygens (including phenoxy) is 1. The van der Waals surface area contributed by atoms with Crippen LogP contribution in [0.3, 0.4) is 0 Å². The quantitative estimate of drug-likeness (QED) is 0.110. The van der Waals surface area contributed by atoms with E-state index >= 15 is 0 Å². The first kappa shape index (κ1) is 32.2. The highest BCUT2D eigenvalue weighted by Crippen LogP contribution is 2.54. The Hall–Kier alpha value is -1.94. The van der Waals surface area contributed by atoms with Gasteiger partial charge in [-0.05, 0) is 30.8 Å². The Kier molecular flexibility index (Phi) is 11.9. The van der Waals surface area contributed by atoms with Gasteiger partial charge < -0.3 is 9.29 Å². The molecular weight excluding hydrogens is 507 g/mol. The molecule has 0 aromatic heterocycles.